The smallest absolute Gasteiger partial charge is 0.241 e. The van der Waals surface area contributed by atoms with E-state index in [0.717, 1.165) is 13.1 Å². The molecule has 8 heteroatoms. The second-order valence-corrected chi connectivity index (χ2v) is 7.02. The van der Waals surface area contributed by atoms with Crippen LogP contribution in [0.4, 0.5) is 0 Å². The van der Waals surface area contributed by atoms with Gasteiger partial charge in [-0.3, -0.25) is 9.69 Å². The number of carbonyl (C=O) groups is 1. The predicted molar refractivity (Wildman–Crippen MR) is 116 cm³/mol. The number of halogens is 1. The van der Waals surface area contributed by atoms with Crippen LogP contribution < -0.4 is 10.6 Å². The van der Waals surface area contributed by atoms with Crippen LogP contribution in [0.3, 0.4) is 0 Å². The molecule has 1 unspecified atom stereocenters. The Bertz CT molecular complexity index is 535. The first-order chi connectivity index (χ1) is 11.6. The van der Waals surface area contributed by atoms with Crippen molar-refractivity contribution in [3.63, 3.8) is 0 Å². The summed E-state index contributed by atoms with van der Waals surface area (Å²) in [5.41, 5.74) is 1.19. The van der Waals surface area contributed by atoms with Crippen molar-refractivity contribution in [3.8, 4) is 0 Å². The van der Waals surface area contributed by atoms with Crippen molar-refractivity contribution >= 4 is 47.2 Å². The summed E-state index contributed by atoms with van der Waals surface area (Å²) in [4.78, 5) is 20.5. The van der Waals surface area contributed by atoms with Crippen molar-refractivity contribution in [1.82, 2.24) is 20.4 Å². The summed E-state index contributed by atoms with van der Waals surface area (Å²) in [6.07, 6.45) is 2.48. The second-order valence-electron chi connectivity index (χ2n) is 6.24. The monoisotopic (exact) mass is 479 g/mol. The van der Waals surface area contributed by atoms with Gasteiger partial charge >= 0.3 is 0 Å². The molecule has 0 spiro atoms. The van der Waals surface area contributed by atoms with E-state index in [4.69, 9.17) is 0 Å². The van der Waals surface area contributed by atoms with Gasteiger partial charge in [0.2, 0.25) is 5.91 Å². The molecule has 1 aromatic heterocycles. The van der Waals surface area contributed by atoms with Crippen LogP contribution in [0.15, 0.2) is 21.8 Å². The summed E-state index contributed by atoms with van der Waals surface area (Å²) in [5, 5.41) is 10.7. The van der Waals surface area contributed by atoms with Crippen molar-refractivity contribution < 1.29 is 4.79 Å². The average molecular weight is 479 g/mol. The lowest BCUT2D eigenvalue weighted by Gasteiger charge is -2.24. The molecule has 2 rings (SSSR count). The van der Waals surface area contributed by atoms with E-state index in [-0.39, 0.29) is 36.4 Å². The number of hydrogen-bond donors (Lipinski definition) is 2. The van der Waals surface area contributed by atoms with Gasteiger partial charge in [-0.25, -0.2) is 4.99 Å². The fourth-order valence-electron chi connectivity index (χ4n) is 2.80. The highest BCUT2D eigenvalue weighted by Gasteiger charge is 2.22. The fourth-order valence-corrected chi connectivity index (χ4v) is 3.46. The number of carbonyl (C=O) groups excluding carboxylic acids is 1. The standard InChI is InChI=1S/C17H29N5OS.HI/c1-4-22-8-5-6-15(22)11-19-17(20-12-16(23)21(2)3)18-10-14-7-9-24-13-14;/h7,9,13,15H,4-6,8,10-12H2,1-3H3,(H2,18,19,20);1H. The van der Waals surface area contributed by atoms with Crippen LogP contribution >= 0.6 is 35.3 Å². The molecule has 2 heterocycles. The summed E-state index contributed by atoms with van der Waals surface area (Å²) in [7, 11) is 3.52. The maximum absolute atomic E-state index is 11.8. The first kappa shape index (κ1) is 22.2. The summed E-state index contributed by atoms with van der Waals surface area (Å²) in [6.45, 7) is 6.20. The number of amides is 1. The zero-order valence-electron chi connectivity index (χ0n) is 15.3. The fraction of sp³-hybridized carbons (Fsp3) is 0.647. The molecule has 1 aliphatic heterocycles. The SMILES string of the molecule is CCN1CCCC1CNC(=NCc1ccsc1)NCC(=O)N(C)C.I. The second kappa shape index (κ2) is 11.7. The molecule has 1 atom stereocenters. The van der Waals surface area contributed by atoms with Crippen LogP contribution in [-0.4, -0.2) is 68.0 Å². The molecule has 0 aliphatic carbocycles. The largest absolute Gasteiger partial charge is 0.355 e. The third-order valence-electron chi connectivity index (χ3n) is 4.32. The van der Waals surface area contributed by atoms with Crippen LogP contribution in [0.2, 0.25) is 0 Å². The summed E-state index contributed by atoms with van der Waals surface area (Å²) >= 11 is 1.67. The van der Waals surface area contributed by atoms with E-state index in [0.29, 0.717) is 18.5 Å². The third kappa shape index (κ3) is 7.49. The predicted octanol–water partition coefficient (Wildman–Crippen LogP) is 1.97. The van der Waals surface area contributed by atoms with Gasteiger partial charge in [0.25, 0.3) is 0 Å². The number of aliphatic imine (C=N–C) groups is 1. The summed E-state index contributed by atoms with van der Waals surface area (Å²) in [6, 6.07) is 2.62. The van der Waals surface area contributed by atoms with Gasteiger partial charge in [-0.1, -0.05) is 6.92 Å². The molecule has 2 N–H and O–H groups in total. The third-order valence-corrected chi connectivity index (χ3v) is 5.05. The Morgan fingerprint density at radius 3 is 2.88 bits per heavy atom. The van der Waals surface area contributed by atoms with Crippen LogP contribution in [0.5, 0.6) is 0 Å². The van der Waals surface area contributed by atoms with Gasteiger partial charge in [0.05, 0.1) is 13.1 Å². The molecule has 0 aromatic carbocycles. The van der Waals surface area contributed by atoms with Gasteiger partial charge in [-0.2, -0.15) is 11.3 Å². The molecule has 6 nitrogen and oxygen atoms in total. The Hall–Kier alpha value is -0.870. The number of nitrogens with zero attached hydrogens (tertiary/aromatic N) is 3. The van der Waals surface area contributed by atoms with Crippen molar-refractivity contribution in [2.45, 2.75) is 32.4 Å². The minimum atomic E-state index is 0. The summed E-state index contributed by atoms with van der Waals surface area (Å²) < 4.78 is 0. The molecular formula is C17H30IN5OS. The Kier molecular flexibility index (Phi) is 10.4. The molecular weight excluding hydrogens is 449 g/mol. The van der Waals surface area contributed by atoms with Gasteiger partial charge in [0.1, 0.15) is 0 Å². The van der Waals surface area contributed by atoms with Crippen molar-refractivity contribution in [2.75, 3.05) is 40.3 Å². The summed E-state index contributed by atoms with van der Waals surface area (Å²) in [5.74, 6) is 0.746. The van der Waals surface area contributed by atoms with Gasteiger partial charge in [-0.05, 0) is 48.3 Å². The lowest BCUT2D eigenvalue weighted by atomic mass is 10.2. The highest BCUT2D eigenvalue weighted by atomic mass is 127. The molecule has 1 aromatic rings. The number of hydrogen-bond acceptors (Lipinski definition) is 4. The molecule has 0 radical (unpaired) electrons. The van der Waals surface area contributed by atoms with E-state index in [1.807, 2.05) is 0 Å². The van der Waals surface area contributed by atoms with E-state index in [1.165, 1.54) is 24.9 Å². The van der Waals surface area contributed by atoms with E-state index in [2.05, 4.69) is 44.3 Å². The molecule has 0 saturated carbocycles. The number of thiophene rings is 1. The van der Waals surface area contributed by atoms with Crippen LogP contribution in [0, 0.1) is 0 Å². The molecule has 1 aliphatic rings. The van der Waals surface area contributed by atoms with E-state index in [9.17, 15) is 4.79 Å². The lowest BCUT2D eigenvalue weighted by molar-refractivity contribution is -0.127. The molecule has 1 amide bonds. The first-order valence-corrected chi connectivity index (χ1v) is 9.52. The van der Waals surface area contributed by atoms with Gasteiger partial charge < -0.3 is 15.5 Å². The normalized spacial score (nSPS) is 17.9. The Morgan fingerprint density at radius 1 is 1.44 bits per heavy atom. The lowest BCUT2D eigenvalue weighted by Crippen LogP contribution is -2.47. The Balaban J connectivity index is 0.00000312. The van der Waals surface area contributed by atoms with Crippen molar-refractivity contribution in [2.24, 2.45) is 4.99 Å². The number of guanidine groups is 1. The van der Waals surface area contributed by atoms with Crippen molar-refractivity contribution in [1.29, 1.82) is 0 Å². The topological polar surface area (TPSA) is 60.0 Å². The average Bonchev–Trinajstić information content (AvgIpc) is 3.24. The molecule has 1 saturated heterocycles. The van der Waals surface area contributed by atoms with Crippen LogP contribution in [0.25, 0.3) is 0 Å². The maximum Gasteiger partial charge on any atom is 0.241 e. The molecule has 1 fully saturated rings. The maximum atomic E-state index is 11.8. The molecule has 142 valence electrons. The number of likely N-dealkylation sites (N-methyl/N-ethyl adjacent to an activating group) is 2. The zero-order valence-corrected chi connectivity index (χ0v) is 18.5. The highest BCUT2D eigenvalue weighted by molar-refractivity contribution is 14.0. The molecule has 0 bridgehead atoms. The highest BCUT2D eigenvalue weighted by Crippen LogP contribution is 2.15. The Morgan fingerprint density at radius 2 is 2.24 bits per heavy atom. The number of likely N-dealkylation sites (tertiary alicyclic amines) is 1. The Labute approximate surface area is 172 Å². The number of nitrogens with one attached hydrogen (secondary N) is 2. The molecule has 25 heavy (non-hydrogen) atoms. The minimum Gasteiger partial charge on any atom is -0.355 e. The first-order valence-electron chi connectivity index (χ1n) is 8.57. The van der Waals surface area contributed by atoms with E-state index >= 15 is 0 Å². The van der Waals surface area contributed by atoms with Crippen LogP contribution in [0.1, 0.15) is 25.3 Å². The number of rotatable bonds is 7. The zero-order chi connectivity index (χ0) is 17.4. The quantitative estimate of drug-likeness (QED) is 0.357. The van der Waals surface area contributed by atoms with E-state index < -0.39 is 0 Å². The van der Waals surface area contributed by atoms with Gasteiger partial charge in [0, 0.05) is 26.7 Å². The van der Waals surface area contributed by atoms with Gasteiger partial charge in [-0.15, -0.1) is 24.0 Å². The van der Waals surface area contributed by atoms with Crippen molar-refractivity contribution in [3.05, 3.63) is 22.4 Å². The van der Waals surface area contributed by atoms with E-state index in [1.54, 1.807) is 30.3 Å². The van der Waals surface area contributed by atoms with Crippen LogP contribution in [-0.2, 0) is 11.3 Å². The van der Waals surface area contributed by atoms with Gasteiger partial charge in [0.15, 0.2) is 5.96 Å². The minimum absolute atomic E-state index is 0.